The minimum absolute atomic E-state index is 1.28. The Hall–Kier alpha value is -2.85. The summed E-state index contributed by atoms with van der Waals surface area (Å²) in [7, 11) is 0. The van der Waals surface area contributed by atoms with E-state index in [1.54, 1.807) is 6.07 Å². The molecule has 0 radical (unpaired) electrons. The van der Waals surface area contributed by atoms with Crippen LogP contribution in [-0.2, 0) is 0 Å². The highest BCUT2D eigenvalue weighted by Crippen LogP contribution is 2.17. The number of rotatable bonds is 1. The third-order valence-corrected chi connectivity index (χ3v) is 2.55. The predicted molar refractivity (Wildman–Crippen MR) is 89.6 cm³/mol. The molecule has 0 bridgehead atoms. The predicted octanol–water partition coefficient (Wildman–Crippen LogP) is 5.57. The highest BCUT2D eigenvalue weighted by Gasteiger charge is 1.91. The van der Waals surface area contributed by atoms with Crippen LogP contribution in [0.15, 0.2) is 97.1 Å². The van der Waals surface area contributed by atoms with Crippen LogP contribution < -0.4 is 0 Å². The Morgan fingerprint density at radius 1 is 0.524 bits per heavy atom. The minimum Gasteiger partial charge on any atom is -0.199 e. The van der Waals surface area contributed by atoms with Crippen LogP contribution >= 0.6 is 0 Å². The second-order valence-corrected chi connectivity index (χ2v) is 4.11. The fourth-order valence-electron chi connectivity index (χ4n) is 1.65. The summed E-state index contributed by atoms with van der Waals surface area (Å²) in [6.07, 6.45) is 0. The second kappa shape index (κ2) is 11.0. The maximum atomic E-state index is 7.32. The quantitative estimate of drug-likeness (QED) is 0.568. The summed E-state index contributed by atoms with van der Waals surface area (Å²) in [4.78, 5) is 0. The lowest BCUT2D eigenvalue weighted by atomic mass is 10.1. The van der Waals surface area contributed by atoms with Gasteiger partial charge in [-0.15, -0.1) is 0 Å². The zero-order valence-electron chi connectivity index (χ0n) is 12.2. The molecule has 3 rings (SSSR count). The largest absolute Gasteiger partial charge is 0.199 e. The van der Waals surface area contributed by atoms with Crippen molar-refractivity contribution in [3.8, 4) is 17.2 Å². The van der Waals surface area contributed by atoms with Crippen molar-refractivity contribution in [1.82, 2.24) is 0 Å². The average molecular weight is 273 g/mol. The van der Waals surface area contributed by atoms with Crippen molar-refractivity contribution in [3.05, 3.63) is 97.1 Å². The molecule has 0 saturated carbocycles. The number of hydrogen-bond acceptors (Lipinski definition) is 1. The molecular formula is C20H19N. The third kappa shape index (κ3) is 7.34. The zero-order valence-corrected chi connectivity index (χ0v) is 12.2. The molecule has 3 aromatic rings. The van der Waals surface area contributed by atoms with E-state index in [-0.39, 0.29) is 0 Å². The van der Waals surface area contributed by atoms with E-state index >= 15 is 0 Å². The van der Waals surface area contributed by atoms with Gasteiger partial charge in [0.05, 0.1) is 6.07 Å². The molecule has 0 fully saturated rings. The molecule has 0 saturated heterocycles. The van der Waals surface area contributed by atoms with Crippen molar-refractivity contribution in [2.75, 3.05) is 0 Å². The lowest BCUT2D eigenvalue weighted by molar-refractivity contribution is 1.49. The molecule has 0 aliphatic carbocycles. The number of hydrogen-bond donors (Lipinski definition) is 0. The van der Waals surface area contributed by atoms with Crippen molar-refractivity contribution in [2.24, 2.45) is 0 Å². The highest BCUT2D eigenvalue weighted by molar-refractivity contribution is 5.62. The van der Waals surface area contributed by atoms with Crippen molar-refractivity contribution < 1.29 is 0 Å². The van der Waals surface area contributed by atoms with Crippen LogP contribution in [0.2, 0.25) is 0 Å². The molecule has 0 aliphatic heterocycles. The van der Waals surface area contributed by atoms with Crippen LogP contribution in [0, 0.1) is 11.3 Å². The van der Waals surface area contributed by atoms with Crippen LogP contribution in [0.5, 0.6) is 0 Å². The van der Waals surface area contributed by atoms with Crippen LogP contribution in [0.1, 0.15) is 6.92 Å². The van der Waals surface area contributed by atoms with Gasteiger partial charge in [0, 0.05) is 6.92 Å². The Bertz CT molecular complexity index is 546. The van der Waals surface area contributed by atoms with E-state index < -0.39 is 0 Å². The molecule has 104 valence electrons. The van der Waals surface area contributed by atoms with Gasteiger partial charge in [-0.3, -0.25) is 0 Å². The topological polar surface area (TPSA) is 23.8 Å². The van der Waals surface area contributed by atoms with Crippen LogP contribution in [0.4, 0.5) is 0 Å². The van der Waals surface area contributed by atoms with E-state index in [4.69, 9.17) is 5.26 Å². The Morgan fingerprint density at radius 2 is 0.714 bits per heavy atom. The number of benzene rings is 3. The van der Waals surface area contributed by atoms with Gasteiger partial charge in [-0.1, -0.05) is 97.1 Å². The summed E-state index contributed by atoms with van der Waals surface area (Å²) in [5.41, 5.74) is 2.55. The van der Waals surface area contributed by atoms with Gasteiger partial charge in [0.15, 0.2) is 0 Å². The normalized spacial score (nSPS) is 8.19. The monoisotopic (exact) mass is 273 g/mol. The van der Waals surface area contributed by atoms with Crippen LogP contribution in [0.3, 0.4) is 0 Å². The minimum atomic E-state index is 1.28. The maximum absolute atomic E-state index is 7.32. The standard InChI is InChI=1S/C12H10.C6H6.C2H3N/c1-3-7-11(8-4-1)12-9-5-2-6-10-12;1-2-4-6-5-3-1;1-2-3/h1-10H;1-6H;1H3. The summed E-state index contributed by atoms with van der Waals surface area (Å²) in [6.45, 7) is 1.43. The smallest absolute Gasteiger partial charge is 0.0587 e. The van der Waals surface area contributed by atoms with Crippen molar-refractivity contribution in [3.63, 3.8) is 0 Å². The van der Waals surface area contributed by atoms with Gasteiger partial charge in [-0.25, -0.2) is 0 Å². The van der Waals surface area contributed by atoms with E-state index in [0.29, 0.717) is 0 Å². The first-order valence-corrected chi connectivity index (χ1v) is 6.79. The van der Waals surface area contributed by atoms with Gasteiger partial charge in [0.1, 0.15) is 0 Å². The summed E-state index contributed by atoms with van der Waals surface area (Å²) in [5.74, 6) is 0. The fourth-order valence-corrected chi connectivity index (χ4v) is 1.65. The fraction of sp³-hybridized carbons (Fsp3) is 0.0500. The lowest BCUT2D eigenvalue weighted by Crippen LogP contribution is -1.73. The number of nitrogens with zero attached hydrogens (tertiary/aromatic N) is 1. The molecule has 0 aliphatic rings. The van der Waals surface area contributed by atoms with E-state index in [9.17, 15) is 0 Å². The summed E-state index contributed by atoms with van der Waals surface area (Å²) in [5, 5.41) is 7.32. The SMILES string of the molecule is CC#N.c1ccc(-c2ccccc2)cc1.c1ccccc1. The molecule has 21 heavy (non-hydrogen) atoms. The molecule has 0 amide bonds. The van der Waals surface area contributed by atoms with Crippen molar-refractivity contribution >= 4 is 0 Å². The zero-order chi connectivity index (χ0) is 15.2. The second-order valence-electron chi connectivity index (χ2n) is 4.11. The van der Waals surface area contributed by atoms with E-state index in [0.717, 1.165) is 0 Å². The molecular weight excluding hydrogens is 254 g/mol. The van der Waals surface area contributed by atoms with E-state index in [1.807, 2.05) is 48.5 Å². The Labute approximate surface area is 127 Å². The van der Waals surface area contributed by atoms with Crippen LogP contribution in [0.25, 0.3) is 11.1 Å². The van der Waals surface area contributed by atoms with Crippen LogP contribution in [-0.4, -0.2) is 0 Å². The molecule has 0 atom stereocenters. The average Bonchev–Trinajstić information content (AvgIpc) is 2.59. The number of nitriles is 1. The first-order valence-electron chi connectivity index (χ1n) is 6.79. The molecule has 1 heteroatoms. The van der Waals surface area contributed by atoms with Gasteiger partial charge in [-0.2, -0.15) is 5.26 Å². The summed E-state index contributed by atoms with van der Waals surface area (Å²) in [6, 6.07) is 34.5. The first-order chi connectivity index (χ1) is 10.4. The molecule has 0 spiro atoms. The van der Waals surface area contributed by atoms with Gasteiger partial charge in [-0.05, 0) is 11.1 Å². The van der Waals surface area contributed by atoms with Gasteiger partial charge >= 0.3 is 0 Å². The molecule has 0 unspecified atom stereocenters. The van der Waals surface area contributed by atoms with E-state index in [2.05, 4.69) is 48.5 Å². The molecule has 1 nitrogen and oxygen atoms in total. The van der Waals surface area contributed by atoms with Crippen molar-refractivity contribution in [2.45, 2.75) is 6.92 Å². The molecule has 3 aromatic carbocycles. The Morgan fingerprint density at radius 3 is 0.952 bits per heavy atom. The highest BCUT2D eigenvalue weighted by atomic mass is 14.2. The molecule has 0 heterocycles. The van der Waals surface area contributed by atoms with E-state index in [1.165, 1.54) is 18.1 Å². The van der Waals surface area contributed by atoms with Gasteiger partial charge in [0.25, 0.3) is 0 Å². The summed E-state index contributed by atoms with van der Waals surface area (Å²) >= 11 is 0. The van der Waals surface area contributed by atoms with Gasteiger partial charge < -0.3 is 0 Å². The van der Waals surface area contributed by atoms with Gasteiger partial charge in [0.2, 0.25) is 0 Å². The maximum Gasteiger partial charge on any atom is 0.0587 e. The Balaban J connectivity index is 0.000000205. The summed E-state index contributed by atoms with van der Waals surface area (Å²) < 4.78 is 0. The third-order valence-electron chi connectivity index (χ3n) is 2.55. The lowest BCUT2D eigenvalue weighted by Gasteiger charge is -1.98. The van der Waals surface area contributed by atoms with Crippen molar-refractivity contribution in [1.29, 1.82) is 5.26 Å². The Kier molecular flexibility index (Phi) is 8.50. The first kappa shape index (κ1) is 16.2. The molecule has 0 N–H and O–H groups in total. The molecule has 0 aromatic heterocycles.